The van der Waals surface area contributed by atoms with Crippen molar-refractivity contribution in [3.63, 3.8) is 0 Å². The van der Waals surface area contributed by atoms with Crippen molar-refractivity contribution in [1.82, 2.24) is 0 Å². The van der Waals surface area contributed by atoms with E-state index in [2.05, 4.69) is 10.0 Å². The molecule has 0 unspecified atom stereocenters. The molecule has 2 aromatic rings. The van der Waals surface area contributed by atoms with E-state index in [-0.39, 0.29) is 16.5 Å². The Morgan fingerprint density at radius 3 is 2.52 bits per heavy atom. The second-order valence-electron chi connectivity index (χ2n) is 5.86. The smallest absolute Gasteiger partial charge is 0.261 e. The Labute approximate surface area is 157 Å². The maximum absolute atomic E-state index is 12.7. The van der Waals surface area contributed by atoms with Crippen molar-refractivity contribution < 1.29 is 27.4 Å². The van der Waals surface area contributed by atoms with Crippen LogP contribution in [0.5, 0.6) is 17.2 Å². The van der Waals surface area contributed by atoms with Crippen molar-refractivity contribution in [3.05, 3.63) is 36.4 Å². The number of sulfonamides is 1. The fourth-order valence-corrected chi connectivity index (χ4v) is 3.66. The Morgan fingerprint density at radius 1 is 1.07 bits per heavy atom. The molecule has 9 heteroatoms. The highest BCUT2D eigenvalue weighted by Gasteiger charge is 2.19. The topological polar surface area (TPSA) is 103 Å². The van der Waals surface area contributed by atoms with Gasteiger partial charge in [-0.2, -0.15) is 0 Å². The van der Waals surface area contributed by atoms with Crippen molar-refractivity contribution in [1.29, 1.82) is 0 Å². The maximum Gasteiger partial charge on any atom is 0.261 e. The van der Waals surface area contributed by atoms with Crippen molar-refractivity contribution in [2.24, 2.45) is 0 Å². The summed E-state index contributed by atoms with van der Waals surface area (Å²) in [6.45, 7) is 2.38. The number of carbonyl (C=O) groups is 1. The van der Waals surface area contributed by atoms with Gasteiger partial charge in [0.15, 0.2) is 11.5 Å². The summed E-state index contributed by atoms with van der Waals surface area (Å²) >= 11 is 0. The van der Waals surface area contributed by atoms with E-state index in [1.807, 2.05) is 0 Å². The van der Waals surface area contributed by atoms with Crippen LogP contribution < -0.4 is 24.2 Å². The number of benzene rings is 2. The minimum Gasteiger partial charge on any atom is -0.495 e. The first-order chi connectivity index (χ1) is 12.9. The molecule has 0 spiro atoms. The lowest BCUT2D eigenvalue weighted by Gasteiger charge is -2.14. The molecule has 1 amide bonds. The summed E-state index contributed by atoms with van der Waals surface area (Å²) in [5.41, 5.74) is 0.614. The van der Waals surface area contributed by atoms with Crippen LogP contribution in [0, 0.1) is 0 Å². The Bertz CT molecular complexity index is 958. The average molecular weight is 392 g/mol. The third kappa shape index (κ3) is 4.43. The first-order valence-corrected chi connectivity index (χ1v) is 9.75. The second kappa shape index (κ2) is 7.75. The zero-order valence-corrected chi connectivity index (χ0v) is 15.8. The predicted molar refractivity (Wildman–Crippen MR) is 100 cm³/mol. The standard InChI is InChI=1S/C18H20N2O6S/c1-12(21)19-15-11-14(5-7-16(15)24-2)27(22,23)20-13-4-6-17-18(10-13)26-9-3-8-25-17/h4-7,10-11,20H,3,8-9H2,1-2H3,(H,19,21). The summed E-state index contributed by atoms with van der Waals surface area (Å²) in [5, 5.41) is 2.56. The van der Waals surface area contributed by atoms with Gasteiger partial charge in [0.2, 0.25) is 5.91 Å². The monoisotopic (exact) mass is 392 g/mol. The molecule has 0 fully saturated rings. The zero-order chi connectivity index (χ0) is 19.4. The van der Waals surface area contributed by atoms with Crippen LogP contribution in [0.1, 0.15) is 13.3 Å². The van der Waals surface area contributed by atoms with Gasteiger partial charge in [0, 0.05) is 19.4 Å². The Hall–Kier alpha value is -2.94. The van der Waals surface area contributed by atoms with Gasteiger partial charge in [0.1, 0.15) is 5.75 Å². The van der Waals surface area contributed by atoms with Crippen LogP contribution in [-0.2, 0) is 14.8 Å². The fraction of sp³-hybridized carbons (Fsp3) is 0.278. The molecule has 1 aliphatic rings. The molecular formula is C18H20N2O6S. The molecule has 0 atom stereocenters. The number of anilines is 2. The zero-order valence-electron chi connectivity index (χ0n) is 14.9. The highest BCUT2D eigenvalue weighted by molar-refractivity contribution is 7.92. The van der Waals surface area contributed by atoms with Crippen LogP contribution in [0.15, 0.2) is 41.3 Å². The average Bonchev–Trinajstić information content (AvgIpc) is 2.85. The number of nitrogens with one attached hydrogen (secondary N) is 2. The predicted octanol–water partition coefficient (Wildman–Crippen LogP) is 2.62. The third-order valence-electron chi connectivity index (χ3n) is 3.79. The summed E-state index contributed by atoms with van der Waals surface area (Å²) in [6.07, 6.45) is 0.757. The van der Waals surface area contributed by atoms with Gasteiger partial charge in [0.25, 0.3) is 10.0 Å². The number of amides is 1. The summed E-state index contributed by atoms with van der Waals surface area (Å²) in [7, 11) is -2.45. The van der Waals surface area contributed by atoms with Crippen LogP contribution in [-0.4, -0.2) is 34.6 Å². The molecule has 0 aromatic heterocycles. The second-order valence-corrected chi connectivity index (χ2v) is 7.54. The Morgan fingerprint density at radius 2 is 1.81 bits per heavy atom. The highest BCUT2D eigenvalue weighted by Crippen LogP contribution is 2.34. The Kier molecular flexibility index (Phi) is 5.41. The van der Waals surface area contributed by atoms with Gasteiger partial charge < -0.3 is 19.5 Å². The van der Waals surface area contributed by atoms with Crippen molar-refractivity contribution in [2.75, 3.05) is 30.4 Å². The van der Waals surface area contributed by atoms with Crippen molar-refractivity contribution in [2.45, 2.75) is 18.2 Å². The van der Waals surface area contributed by atoms with E-state index in [1.165, 1.54) is 32.2 Å². The molecule has 1 aliphatic heterocycles. The number of rotatable bonds is 5. The molecule has 0 bridgehead atoms. The summed E-state index contributed by atoms with van der Waals surface area (Å²) in [5.74, 6) is 1.09. The largest absolute Gasteiger partial charge is 0.495 e. The number of carbonyl (C=O) groups excluding carboxylic acids is 1. The summed E-state index contributed by atoms with van der Waals surface area (Å²) in [6, 6.07) is 9.06. The van der Waals surface area contributed by atoms with Gasteiger partial charge in [-0.05, 0) is 30.3 Å². The molecule has 0 aliphatic carbocycles. The molecule has 2 N–H and O–H groups in total. The minimum atomic E-state index is -3.89. The van der Waals surface area contributed by atoms with Gasteiger partial charge in [-0.1, -0.05) is 0 Å². The van der Waals surface area contributed by atoms with E-state index in [9.17, 15) is 13.2 Å². The lowest BCUT2D eigenvalue weighted by molar-refractivity contribution is -0.114. The lowest BCUT2D eigenvalue weighted by Crippen LogP contribution is -2.14. The quantitative estimate of drug-likeness (QED) is 0.811. The number of hydrogen-bond donors (Lipinski definition) is 2. The molecule has 3 rings (SSSR count). The number of hydrogen-bond acceptors (Lipinski definition) is 6. The molecule has 1 heterocycles. The van der Waals surface area contributed by atoms with Gasteiger partial charge in [-0.25, -0.2) is 8.42 Å². The van der Waals surface area contributed by atoms with Crippen LogP contribution in [0.4, 0.5) is 11.4 Å². The van der Waals surface area contributed by atoms with Crippen LogP contribution in [0.3, 0.4) is 0 Å². The van der Waals surface area contributed by atoms with Crippen molar-refractivity contribution >= 4 is 27.3 Å². The first-order valence-electron chi connectivity index (χ1n) is 8.27. The highest BCUT2D eigenvalue weighted by atomic mass is 32.2. The summed E-state index contributed by atoms with van der Waals surface area (Å²) in [4.78, 5) is 11.3. The molecule has 2 aromatic carbocycles. The first kappa shape index (κ1) is 18.8. The molecule has 0 saturated heterocycles. The van der Waals surface area contributed by atoms with Gasteiger partial charge in [-0.15, -0.1) is 0 Å². The van der Waals surface area contributed by atoms with E-state index in [4.69, 9.17) is 14.2 Å². The normalized spacial score (nSPS) is 13.4. The van der Waals surface area contributed by atoms with Crippen molar-refractivity contribution in [3.8, 4) is 17.2 Å². The van der Waals surface area contributed by atoms with Gasteiger partial charge in [0.05, 0.1) is 36.6 Å². The number of fused-ring (bicyclic) bond motifs is 1. The van der Waals surface area contributed by atoms with Crippen LogP contribution >= 0.6 is 0 Å². The number of methoxy groups -OCH3 is 1. The molecule has 0 saturated carbocycles. The lowest BCUT2D eigenvalue weighted by atomic mass is 10.3. The van der Waals surface area contributed by atoms with E-state index in [1.54, 1.807) is 18.2 Å². The SMILES string of the molecule is COc1ccc(S(=O)(=O)Nc2ccc3c(c2)OCCCO3)cc1NC(C)=O. The molecular weight excluding hydrogens is 372 g/mol. The summed E-state index contributed by atoms with van der Waals surface area (Å²) < 4.78 is 44.2. The maximum atomic E-state index is 12.7. The minimum absolute atomic E-state index is 0.0147. The van der Waals surface area contributed by atoms with Crippen LogP contribution in [0.2, 0.25) is 0 Å². The third-order valence-corrected chi connectivity index (χ3v) is 5.17. The van der Waals surface area contributed by atoms with Crippen LogP contribution in [0.25, 0.3) is 0 Å². The van der Waals surface area contributed by atoms with E-state index in [0.29, 0.717) is 36.1 Å². The van der Waals surface area contributed by atoms with E-state index >= 15 is 0 Å². The molecule has 27 heavy (non-hydrogen) atoms. The number of ether oxygens (including phenoxy) is 3. The van der Waals surface area contributed by atoms with Gasteiger partial charge in [-0.3, -0.25) is 9.52 Å². The van der Waals surface area contributed by atoms with E-state index < -0.39 is 10.0 Å². The molecule has 8 nitrogen and oxygen atoms in total. The molecule has 144 valence electrons. The van der Waals surface area contributed by atoms with E-state index in [0.717, 1.165) is 6.42 Å². The Balaban J connectivity index is 1.88. The van der Waals surface area contributed by atoms with Gasteiger partial charge >= 0.3 is 0 Å². The fourth-order valence-electron chi connectivity index (χ4n) is 2.58. The molecule has 0 radical (unpaired) electrons.